The van der Waals surface area contributed by atoms with Crippen molar-refractivity contribution in [2.75, 3.05) is 26.5 Å². The molecule has 0 spiro atoms. The first kappa shape index (κ1) is 17.1. The molecule has 2 N–H and O–H groups in total. The highest BCUT2D eigenvalue weighted by atomic mass is 79.9. The fourth-order valence-electron chi connectivity index (χ4n) is 1.48. The van der Waals surface area contributed by atoms with Gasteiger partial charge in [-0.25, -0.2) is 17.9 Å². The van der Waals surface area contributed by atoms with Gasteiger partial charge in [0.2, 0.25) is 10.0 Å². The predicted octanol–water partition coefficient (Wildman–Crippen LogP) is 0.874. The van der Waals surface area contributed by atoms with Crippen LogP contribution < -0.4 is 10.0 Å². The van der Waals surface area contributed by atoms with Gasteiger partial charge in [-0.2, -0.15) is 0 Å². The van der Waals surface area contributed by atoms with E-state index in [1.807, 2.05) is 6.07 Å². The van der Waals surface area contributed by atoms with E-state index in [0.29, 0.717) is 25.2 Å². The Morgan fingerprint density at radius 1 is 1.35 bits per heavy atom. The number of methoxy groups -OCH3 is 1. The zero-order valence-corrected chi connectivity index (χ0v) is 13.7. The summed E-state index contributed by atoms with van der Waals surface area (Å²) in [4.78, 5) is 11.3. The molecule has 6 nitrogen and oxygen atoms in total. The average Bonchev–Trinajstić information content (AvgIpc) is 2.37. The highest BCUT2D eigenvalue weighted by Gasteiger charge is 2.08. The molecule has 0 amide bonds. The molecule has 0 unspecified atom stereocenters. The third kappa shape index (κ3) is 6.00. The van der Waals surface area contributed by atoms with Crippen molar-refractivity contribution in [3.05, 3.63) is 33.8 Å². The molecular formula is C12H17BrN2O4S. The first-order valence-corrected chi connectivity index (χ1v) is 8.54. The summed E-state index contributed by atoms with van der Waals surface area (Å²) in [5.74, 6) is -0.387. The molecule has 0 saturated heterocycles. The van der Waals surface area contributed by atoms with Crippen LogP contribution in [0.5, 0.6) is 0 Å². The Morgan fingerprint density at radius 3 is 2.60 bits per heavy atom. The maximum atomic E-state index is 11.3. The van der Waals surface area contributed by atoms with E-state index in [2.05, 4.69) is 30.7 Å². The van der Waals surface area contributed by atoms with Gasteiger partial charge in [-0.1, -0.05) is 22.0 Å². The van der Waals surface area contributed by atoms with Crippen LogP contribution in [0.4, 0.5) is 0 Å². The Morgan fingerprint density at radius 2 is 2.05 bits per heavy atom. The van der Waals surface area contributed by atoms with Crippen LogP contribution in [0.2, 0.25) is 0 Å². The quantitative estimate of drug-likeness (QED) is 0.554. The van der Waals surface area contributed by atoms with Crippen molar-refractivity contribution in [2.45, 2.75) is 6.54 Å². The molecule has 8 heteroatoms. The Labute approximate surface area is 127 Å². The normalized spacial score (nSPS) is 11.3. The Bertz CT molecular complexity index is 575. The zero-order valence-electron chi connectivity index (χ0n) is 11.3. The Balaban J connectivity index is 2.47. The van der Waals surface area contributed by atoms with Gasteiger partial charge in [0.1, 0.15) is 0 Å². The standard InChI is InChI=1S/C12H17BrN2O4S/c1-19-12(16)9-3-4-10(11(13)7-9)8-14-5-6-15-20(2,17)18/h3-4,7,14-15H,5-6,8H2,1-2H3. The summed E-state index contributed by atoms with van der Waals surface area (Å²) in [6.07, 6.45) is 1.12. The lowest BCUT2D eigenvalue weighted by molar-refractivity contribution is 0.0600. The van der Waals surface area contributed by atoms with Gasteiger partial charge in [-0.15, -0.1) is 0 Å². The van der Waals surface area contributed by atoms with Gasteiger partial charge in [0.05, 0.1) is 18.9 Å². The van der Waals surface area contributed by atoms with E-state index in [1.165, 1.54) is 7.11 Å². The lowest BCUT2D eigenvalue weighted by atomic mass is 10.1. The summed E-state index contributed by atoms with van der Waals surface area (Å²) in [5, 5.41) is 3.10. The second kappa shape index (κ2) is 7.72. The zero-order chi connectivity index (χ0) is 15.2. The maximum Gasteiger partial charge on any atom is 0.337 e. The molecule has 1 aromatic carbocycles. The van der Waals surface area contributed by atoms with Crippen LogP contribution in [0.15, 0.2) is 22.7 Å². The van der Waals surface area contributed by atoms with Gasteiger partial charge in [-0.05, 0) is 17.7 Å². The van der Waals surface area contributed by atoms with Gasteiger partial charge in [0.25, 0.3) is 0 Å². The minimum atomic E-state index is -3.15. The van der Waals surface area contributed by atoms with Crippen molar-refractivity contribution in [2.24, 2.45) is 0 Å². The minimum absolute atomic E-state index is 0.330. The van der Waals surface area contributed by atoms with E-state index in [1.54, 1.807) is 12.1 Å². The molecule has 0 radical (unpaired) electrons. The molecule has 0 fully saturated rings. The molecule has 20 heavy (non-hydrogen) atoms. The van der Waals surface area contributed by atoms with Crippen molar-refractivity contribution in [3.63, 3.8) is 0 Å². The van der Waals surface area contributed by atoms with Gasteiger partial charge >= 0.3 is 5.97 Å². The van der Waals surface area contributed by atoms with Gasteiger partial charge in [0.15, 0.2) is 0 Å². The number of halogens is 1. The van der Waals surface area contributed by atoms with Crippen LogP contribution >= 0.6 is 15.9 Å². The topological polar surface area (TPSA) is 84.5 Å². The highest BCUT2D eigenvalue weighted by molar-refractivity contribution is 9.10. The molecule has 1 aromatic rings. The molecule has 0 atom stereocenters. The highest BCUT2D eigenvalue weighted by Crippen LogP contribution is 2.19. The van der Waals surface area contributed by atoms with Crippen molar-refractivity contribution < 1.29 is 17.9 Å². The second-order valence-electron chi connectivity index (χ2n) is 4.14. The summed E-state index contributed by atoms with van der Waals surface area (Å²) in [6, 6.07) is 5.19. The summed E-state index contributed by atoms with van der Waals surface area (Å²) >= 11 is 3.39. The minimum Gasteiger partial charge on any atom is -0.465 e. The molecule has 0 heterocycles. The molecule has 0 bridgehead atoms. The van der Waals surface area contributed by atoms with Crippen molar-refractivity contribution in [1.29, 1.82) is 0 Å². The monoisotopic (exact) mass is 364 g/mol. The molecule has 0 saturated carbocycles. The Hall–Kier alpha value is -0.960. The van der Waals surface area contributed by atoms with Crippen molar-refractivity contribution in [3.8, 4) is 0 Å². The molecule has 1 rings (SSSR count). The number of sulfonamides is 1. The fraction of sp³-hybridized carbons (Fsp3) is 0.417. The number of hydrogen-bond donors (Lipinski definition) is 2. The summed E-state index contributed by atoms with van der Waals surface area (Å²) in [7, 11) is -1.81. The molecule has 0 aliphatic heterocycles. The van der Waals surface area contributed by atoms with E-state index < -0.39 is 10.0 Å². The SMILES string of the molecule is COC(=O)c1ccc(CNCCNS(C)(=O)=O)c(Br)c1. The average molecular weight is 365 g/mol. The van der Waals surface area contributed by atoms with Crippen molar-refractivity contribution in [1.82, 2.24) is 10.0 Å². The Kier molecular flexibility index (Phi) is 6.60. The fourth-order valence-corrected chi connectivity index (χ4v) is 2.48. The van der Waals surface area contributed by atoms with Gasteiger partial charge in [0, 0.05) is 24.1 Å². The molecule has 0 aromatic heterocycles. The maximum absolute atomic E-state index is 11.3. The number of esters is 1. The molecule has 0 aliphatic rings. The number of rotatable bonds is 7. The van der Waals surface area contributed by atoms with Crippen LogP contribution in [-0.4, -0.2) is 40.8 Å². The van der Waals surface area contributed by atoms with E-state index in [-0.39, 0.29) is 5.97 Å². The number of nitrogens with one attached hydrogen (secondary N) is 2. The third-order valence-corrected chi connectivity index (χ3v) is 3.92. The van der Waals surface area contributed by atoms with Gasteiger partial charge < -0.3 is 10.1 Å². The largest absolute Gasteiger partial charge is 0.465 e. The van der Waals surface area contributed by atoms with Crippen LogP contribution in [0.1, 0.15) is 15.9 Å². The number of carbonyl (C=O) groups is 1. The molecule has 0 aliphatic carbocycles. The van der Waals surface area contributed by atoms with Gasteiger partial charge in [-0.3, -0.25) is 0 Å². The van der Waals surface area contributed by atoms with E-state index in [9.17, 15) is 13.2 Å². The lowest BCUT2D eigenvalue weighted by Crippen LogP contribution is -2.30. The summed E-state index contributed by atoms with van der Waals surface area (Å²) in [6.45, 7) is 1.41. The number of hydrogen-bond acceptors (Lipinski definition) is 5. The van der Waals surface area contributed by atoms with Crippen molar-refractivity contribution >= 4 is 31.9 Å². The van der Waals surface area contributed by atoms with E-state index in [4.69, 9.17) is 0 Å². The van der Waals surface area contributed by atoms with Crippen LogP contribution in [0.3, 0.4) is 0 Å². The smallest absolute Gasteiger partial charge is 0.337 e. The predicted molar refractivity (Wildman–Crippen MR) is 80.0 cm³/mol. The van der Waals surface area contributed by atoms with Crippen LogP contribution in [0, 0.1) is 0 Å². The van der Waals surface area contributed by atoms with E-state index in [0.717, 1.165) is 16.3 Å². The van der Waals surface area contributed by atoms with E-state index >= 15 is 0 Å². The van der Waals surface area contributed by atoms with Crippen LogP contribution in [0.25, 0.3) is 0 Å². The molecular weight excluding hydrogens is 348 g/mol. The third-order valence-electron chi connectivity index (χ3n) is 2.46. The first-order valence-electron chi connectivity index (χ1n) is 5.85. The molecule has 112 valence electrons. The first-order chi connectivity index (χ1) is 9.33. The number of ether oxygens (including phenoxy) is 1. The lowest BCUT2D eigenvalue weighted by Gasteiger charge is -2.08. The second-order valence-corrected chi connectivity index (χ2v) is 6.83. The number of benzene rings is 1. The summed E-state index contributed by atoms with van der Waals surface area (Å²) < 4.78 is 29.5. The summed E-state index contributed by atoms with van der Waals surface area (Å²) in [5.41, 5.74) is 1.44. The number of carbonyl (C=O) groups excluding carboxylic acids is 1. The van der Waals surface area contributed by atoms with Crippen LogP contribution in [-0.2, 0) is 21.3 Å².